The maximum absolute atomic E-state index is 14.6. The average Bonchev–Trinajstić information content (AvgIpc) is 2.39. The predicted molar refractivity (Wildman–Crippen MR) is 93.2 cm³/mol. The van der Waals surface area contributed by atoms with Crippen LogP contribution in [-0.2, 0) is 4.74 Å². The van der Waals surface area contributed by atoms with Crippen molar-refractivity contribution in [3.8, 4) is 5.75 Å². The van der Waals surface area contributed by atoms with Gasteiger partial charge in [-0.25, -0.2) is 9.18 Å². The van der Waals surface area contributed by atoms with E-state index in [0.29, 0.717) is 30.0 Å². The van der Waals surface area contributed by atoms with E-state index in [2.05, 4.69) is 6.58 Å². The summed E-state index contributed by atoms with van der Waals surface area (Å²) in [5.74, 6) is -0.269. The van der Waals surface area contributed by atoms with E-state index >= 15 is 0 Å². The number of likely N-dealkylation sites (tertiary alicyclic amines) is 1. The second-order valence-electron chi connectivity index (χ2n) is 7.03. The van der Waals surface area contributed by atoms with E-state index in [1.807, 2.05) is 6.92 Å². The van der Waals surface area contributed by atoms with Gasteiger partial charge in [0.05, 0.1) is 12.1 Å². The molecule has 0 N–H and O–H groups in total. The quantitative estimate of drug-likeness (QED) is 0.777. The van der Waals surface area contributed by atoms with Gasteiger partial charge in [-0.2, -0.15) is 0 Å². The van der Waals surface area contributed by atoms with Crippen molar-refractivity contribution in [1.29, 1.82) is 0 Å². The van der Waals surface area contributed by atoms with Gasteiger partial charge >= 0.3 is 6.09 Å². The minimum atomic E-state index is -0.561. The van der Waals surface area contributed by atoms with Gasteiger partial charge in [-0.1, -0.05) is 18.2 Å². The van der Waals surface area contributed by atoms with Gasteiger partial charge < -0.3 is 14.4 Å². The summed E-state index contributed by atoms with van der Waals surface area (Å²) in [7, 11) is 1.49. The number of benzene rings is 1. The topological polar surface area (TPSA) is 38.8 Å². The monoisotopic (exact) mass is 355 g/mol. The number of hydrogen-bond donors (Lipinski definition) is 0. The number of rotatable bonds is 3. The Kier molecular flexibility index (Phi) is 5.14. The van der Waals surface area contributed by atoms with Crippen molar-refractivity contribution in [1.82, 2.24) is 4.90 Å². The molecular weight excluding hydrogens is 333 g/mol. The number of methoxy groups -OCH3 is 1. The van der Waals surface area contributed by atoms with Crippen molar-refractivity contribution in [3.63, 3.8) is 0 Å². The van der Waals surface area contributed by atoms with Gasteiger partial charge in [0.15, 0.2) is 0 Å². The van der Waals surface area contributed by atoms with Crippen molar-refractivity contribution < 1.29 is 18.7 Å². The van der Waals surface area contributed by atoms with E-state index in [1.54, 1.807) is 20.8 Å². The maximum Gasteiger partial charge on any atom is 0.410 e. The molecule has 6 heteroatoms. The molecule has 1 aliphatic rings. The Balaban J connectivity index is 2.26. The number of amides is 1. The van der Waals surface area contributed by atoms with Crippen molar-refractivity contribution in [2.45, 2.75) is 39.2 Å². The van der Waals surface area contributed by atoms with E-state index < -0.39 is 17.5 Å². The SMILES string of the molecule is C=C(C)c1cc(Cl)c(F)c(C2CN(C(=O)OC(C)(C)C)C2)c1OC. The van der Waals surface area contributed by atoms with Crippen molar-refractivity contribution in [3.05, 3.63) is 34.6 Å². The van der Waals surface area contributed by atoms with Crippen LogP contribution in [0.5, 0.6) is 5.75 Å². The number of allylic oxidation sites excluding steroid dienone is 1. The van der Waals surface area contributed by atoms with Gasteiger partial charge in [0.1, 0.15) is 17.2 Å². The van der Waals surface area contributed by atoms with Crippen LogP contribution in [-0.4, -0.2) is 36.8 Å². The summed E-state index contributed by atoms with van der Waals surface area (Å²) in [6, 6.07) is 1.52. The summed E-state index contributed by atoms with van der Waals surface area (Å²) in [5.41, 5.74) is 1.24. The zero-order valence-corrected chi connectivity index (χ0v) is 15.5. The highest BCUT2D eigenvalue weighted by Gasteiger charge is 2.38. The van der Waals surface area contributed by atoms with Crippen LogP contribution >= 0.6 is 11.6 Å². The first-order valence-electron chi connectivity index (χ1n) is 7.74. The van der Waals surface area contributed by atoms with Crippen molar-refractivity contribution in [2.24, 2.45) is 0 Å². The highest BCUT2D eigenvalue weighted by Crippen LogP contribution is 2.42. The lowest BCUT2D eigenvalue weighted by Gasteiger charge is -2.40. The number of hydrogen-bond acceptors (Lipinski definition) is 3. The van der Waals surface area contributed by atoms with Crippen LogP contribution < -0.4 is 4.74 Å². The molecule has 0 bridgehead atoms. The summed E-state index contributed by atoms with van der Waals surface area (Å²) in [6.45, 7) is 11.8. The molecule has 1 saturated heterocycles. The fourth-order valence-corrected chi connectivity index (χ4v) is 2.88. The third-order valence-electron chi connectivity index (χ3n) is 3.81. The van der Waals surface area contributed by atoms with Crippen molar-refractivity contribution in [2.75, 3.05) is 20.2 Å². The molecule has 24 heavy (non-hydrogen) atoms. The number of carbonyl (C=O) groups is 1. The summed E-state index contributed by atoms with van der Waals surface area (Å²) < 4.78 is 25.3. The highest BCUT2D eigenvalue weighted by atomic mass is 35.5. The van der Waals surface area contributed by atoms with Crippen LogP contribution in [0.4, 0.5) is 9.18 Å². The van der Waals surface area contributed by atoms with Crippen LogP contribution in [0.15, 0.2) is 12.6 Å². The number of nitrogens with zero attached hydrogens (tertiary/aromatic N) is 1. The molecule has 4 nitrogen and oxygen atoms in total. The zero-order chi connectivity index (χ0) is 18.2. The van der Waals surface area contributed by atoms with Crippen LogP contribution in [0.3, 0.4) is 0 Å². The summed E-state index contributed by atoms with van der Waals surface area (Å²) in [5, 5.41) is 0.0273. The van der Waals surface area contributed by atoms with Gasteiger partial charge in [-0.3, -0.25) is 0 Å². The Bertz CT molecular complexity index is 676. The highest BCUT2D eigenvalue weighted by molar-refractivity contribution is 6.31. The average molecular weight is 356 g/mol. The van der Waals surface area contributed by atoms with E-state index in [0.717, 1.165) is 5.57 Å². The third-order valence-corrected chi connectivity index (χ3v) is 4.09. The van der Waals surface area contributed by atoms with E-state index in [9.17, 15) is 9.18 Å². The van der Waals surface area contributed by atoms with Crippen LogP contribution in [0.1, 0.15) is 44.7 Å². The number of ether oxygens (including phenoxy) is 2. The summed E-state index contributed by atoms with van der Waals surface area (Å²) >= 11 is 6.03. The minimum absolute atomic E-state index is 0.0273. The molecule has 0 unspecified atom stereocenters. The van der Waals surface area contributed by atoms with Crippen LogP contribution in [0.25, 0.3) is 5.57 Å². The smallest absolute Gasteiger partial charge is 0.410 e. The van der Waals surface area contributed by atoms with Gasteiger partial charge in [0, 0.05) is 30.1 Å². The van der Waals surface area contributed by atoms with Crippen LogP contribution in [0, 0.1) is 5.82 Å². The van der Waals surface area contributed by atoms with E-state index in [-0.39, 0.29) is 10.9 Å². The second kappa shape index (κ2) is 6.63. The number of carbonyl (C=O) groups excluding carboxylic acids is 1. The molecule has 1 fully saturated rings. The molecule has 0 aromatic heterocycles. The first-order chi connectivity index (χ1) is 11.0. The normalized spacial score (nSPS) is 15.0. The Labute approximate surface area is 147 Å². The molecule has 132 valence electrons. The van der Waals surface area contributed by atoms with Gasteiger partial charge in [0.2, 0.25) is 0 Å². The lowest BCUT2D eigenvalue weighted by Crippen LogP contribution is -2.50. The first kappa shape index (κ1) is 18.6. The standard InChI is InChI=1S/C18H23ClFNO3/c1-10(2)12-7-13(19)15(20)14(16(12)23-6)11-8-21(9-11)17(22)24-18(3,4)5/h7,11H,1,8-9H2,2-6H3. The number of halogens is 2. The van der Waals surface area contributed by atoms with Gasteiger partial charge in [-0.15, -0.1) is 0 Å². The maximum atomic E-state index is 14.6. The molecule has 1 aromatic carbocycles. The zero-order valence-electron chi connectivity index (χ0n) is 14.7. The molecular formula is C18H23ClFNO3. The molecule has 0 aliphatic carbocycles. The minimum Gasteiger partial charge on any atom is -0.496 e. The molecule has 0 atom stereocenters. The Hall–Kier alpha value is -1.75. The molecule has 0 saturated carbocycles. The molecule has 0 radical (unpaired) electrons. The first-order valence-corrected chi connectivity index (χ1v) is 8.12. The molecule has 1 aromatic rings. The summed E-state index contributed by atoms with van der Waals surface area (Å²) in [4.78, 5) is 13.6. The van der Waals surface area contributed by atoms with Crippen LogP contribution in [0.2, 0.25) is 5.02 Å². The van der Waals surface area contributed by atoms with Gasteiger partial charge in [-0.05, 0) is 39.3 Å². The Morgan fingerprint density at radius 3 is 2.46 bits per heavy atom. The fraction of sp³-hybridized carbons (Fsp3) is 0.500. The molecule has 1 amide bonds. The molecule has 1 aliphatic heterocycles. The van der Waals surface area contributed by atoms with E-state index in [4.69, 9.17) is 21.1 Å². The lowest BCUT2D eigenvalue weighted by molar-refractivity contribution is 0.00770. The lowest BCUT2D eigenvalue weighted by atomic mass is 9.88. The predicted octanol–water partition coefficient (Wildman–Crippen LogP) is 4.86. The third kappa shape index (κ3) is 3.66. The fourth-order valence-electron chi connectivity index (χ4n) is 2.67. The van der Waals surface area contributed by atoms with E-state index in [1.165, 1.54) is 18.1 Å². The second-order valence-corrected chi connectivity index (χ2v) is 7.44. The molecule has 1 heterocycles. The Morgan fingerprint density at radius 1 is 1.42 bits per heavy atom. The molecule has 0 spiro atoms. The van der Waals surface area contributed by atoms with Gasteiger partial charge in [0.25, 0.3) is 0 Å². The summed E-state index contributed by atoms with van der Waals surface area (Å²) in [6.07, 6.45) is -0.403. The van der Waals surface area contributed by atoms with Crippen molar-refractivity contribution >= 4 is 23.3 Å². The Morgan fingerprint density at radius 2 is 2.00 bits per heavy atom. The molecule has 2 rings (SSSR count). The largest absolute Gasteiger partial charge is 0.496 e.